The smallest absolute Gasteiger partial charge is 0.158 e. The summed E-state index contributed by atoms with van der Waals surface area (Å²) >= 11 is 0. The van der Waals surface area contributed by atoms with Crippen molar-refractivity contribution in [3.8, 4) is 0 Å². The average molecular weight is 292 g/mol. The molecule has 0 amide bonds. The fourth-order valence-corrected chi connectivity index (χ4v) is 2.63. The van der Waals surface area contributed by atoms with Crippen molar-refractivity contribution in [3.05, 3.63) is 11.9 Å². The first-order valence-corrected chi connectivity index (χ1v) is 8.28. The number of hydrogen-bond acceptors (Lipinski definition) is 5. The van der Waals surface area contributed by atoms with Gasteiger partial charge in [-0.2, -0.15) is 0 Å². The summed E-state index contributed by atoms with van der Waals surface area (Å²) < 4.78 is 5.44. The maximum Gasteiger partial charge on any atom is 0.158 e. The van der Waals surface area contributed by atoms with E-state index < -0.39 is 0 Å². The van der Waals surface area contributed by atoms with Gasteiger partial charge in [-0.05, 0) is 26.2 Å². The summed E-state index contributed by atoms with van der Waals surface area (Å²) in [6.45, 7) is 6.21. The lowest BCUT2D eigenvalue weighted by atomic mass is 9.95. The van der Waals surface area contributed by atoms with Crippen molar-refractivity contribution in [1.29, 1.82) is 0 Å². The predicted octanol–water partition coefficient (Wildman–Crippen LogP) is 3.58. The van der Waals surface area contributed by atoms with Crippen molar-refractivity contribution in [2.24, 2.45) is 0 Å². The van der Waals surface area contributed by atoms with Crippen LogP contribution in [0.2, 0.25) is 0 Å². The molecule has 0 unspecified atom stereocenters. The quantitative estimate of drug-likeness (QED) is 0.767. The first kappa shape index (κ1) is 16.0. The largest absolute Gasteiger partial charge is 0.374 e. The summed E-state index contributed by atoms with van der Waals surface area (Å²) in [6.07, 6.45) is 7.55. The molecule has 118 valence electrons. The van der Waals surface area contributed by atoms with Gasteiger partial charge in [0.2, 0.25) is 0 Å². The zero-order valence-electron chi connectivity index (χ0n) is 13.3. The number of hydrogen-bond donors (Lipinski definition) is 2. The van der Waals surface area contributed by atoms with Crippen molar-refractivity contribution in [1.82, 2.24) is 9.97 Å². The third-order valence-electron chi connectivity index (χ3n) is 3.72. The Bertz CT molecular complexity index is 392. The number of nitrogens with zero attached hydrogens (tertiary/aromatic N) is 2. The Labute approximate surface area is 127 Å². The first-order valence-electron chi connectivity index (χ1n) is 8.28. The predicted molar refractivity (Wildman–Crippen MR) is 86.6 cm³/mol. The lowest BCUT2D eigenvalue weighted by Gasteiger charge is -2.23. The van der Waals surface area contributed by atoms with E-state index in [1.165, 1.54) is 32.1 Å². The highest BCUT2D eigenvalue weighted by atomic mass is 16.5. The molecule has 2 rings (SSSR count). The van der Waals surface area contributed by atoms with Gasteiger partial charge in [-0.15, -0.1) is 0 Å². The van der Waals surface area contributed by atoms with Crippen molar-refractivity contribution < 1.29 is 4.74 Å². The number of nitrogens with one attached hydrogen (secondary N) is 2. The standard InChI is InChI=1S/C16H28N4O/c1-3-10-17-14-11-15(18-13-8-6-5-7-9-13)20-16(19-14)12-21-4-2/h11,13H,3-10,12H2,1-2H3,(H2,17,18,19,20). The van der Waals surface area contributed by atoms with Gasteiger partial charge >= 0.3 is 0 Å². The number of aromatic nitrogens is 2. The van der Waals surface area contributed by atoms with Crippen LogP contribution in [-0.4, -0.2) is 29.2 Å². The van der Waals surface area contributed by atoms with Gasteiger partial charge in [0.15, 0.2) is 5.82 Å². The van der Waals surface area contributed by atoms with Gasteiger partial charge in [-0.3, -0.25) is 0 Å². The summed E-state index contributed by atoms with van der Waals surface area (Å²) in [5.41, 5.74) is 0. The Kier molecular flexibility index (Phi) is 6.73. The Morgan fingerprint density at radius 1 is 1.14 bits per heavy atom. The molecule has 0 bridgehead atoms. The van der Waals surface area contributed by atoms with Crippen LogP contribution in [0.4, 0.5) is 11.6 Å². The van der Waals surface area contributed by atoms with Crippen LogP contribution in [0.1, 0.15) is 58.2 Å². The van der Waals surface area contributed by atoms with Crippen LogP contribution >= 0.6 is 0 Å². The van der Waals surface area contributed by atoms with E-state index in [-0.39, 0.29) is 0 Å². The molecule has 0 saturated heterocycles. The topological polar surface area (TPSA) is 59.1 Å². The van der Waals surface area contributed by atoms with Gasteiger partial charge in [0, 0.05) is 25.3 Å². The van der Waals surface area contributed by atoms with Crippen LogP contribution in [0.5, 0.6) is 0 Å². The normalized spacial score (nSPS) is 15.9. The van der Waals surface area contributed by atoms with E-state index in [2.05, 4.69) is 27.5 Å². The number of rotatable bonds is 8. The van der Waals surface area contributed by atoms with Crippen LogP contribution in [0, 0.1) is 0 Å². The average Bonchev–Trinajstić information content (AvgIpc) is 2.52. The second kappa shape index (κ2) is 8.82. The van der Waals surface area contributed by atoms with Gasteiger partial charge in [0.05, 0.1) is 0 Å². The molecule has 1 aromatic rings. The third-order valence-corrected chi connectivity index (χ3v) is 3.72. The minimum absolute atomic E-state index is 0.470. The van der Waals surface area contributed by atoms with Crippen LogP contribution < -0.4 is 10.6 Å². The van der Waals surface area contributed by atoms with E-state index in [9.17, 15) is 0 Å². The Hall–Kier alpha value is -1.36. The second-order valence-electron chi connectivity index (χ2n) is 5.60. The van der Waals surface area contributed by atoms with Gasteiger partial charge in [-0.1, -0.05) is 26.2 Å². The molecule has 0 radical (unpaired) electrons. The molecule has 1 aliphatic carbocycles. The van der Waals surface area contributed by atoms with E-state index in [1.807, 2.05) is 13.0 Å². The Morgan fingerprint density at radius 3 is 2.62 bits per heavy atom. The van der Waals surface area contributed by atoms with Gasteiger partial charge < -0.3 is 15.4 Å². The maximum absolute atomic E-state index is 5.44. The highest BCUT2D eigenvalue weighted by molar-refractivity contribution is 5.48. The Morgan fingerprint density at radius 2 is 1.90 bits per heavy atom. The molecule has 2 N–H and O–H groups in total. The molecule has 1 aliphatic rings. The van der Waals surface area contributed by atoms with Gasteiger partial charge in [0.1, 0.15) is 18.2 Å². The van der Waals surface area contributed by atoms with Gasteiger partial charge in [-0.25, -0.2) is 9.97 Å². The summed E-state index contributed by atoms with van der Waals surface area (Å²) in [6, 6.07) is 2.56. The lowest BCUT2D eigenvalue weighted by molar-refractivity contribution is 0.128. The SMILES string of the molecule is CCCNc1cc(NC2CCCCC2)nc(COCC)n1. The molecular weight excluding hydrogens is 264 g/mol. The highest BCUT2D eigenvalue weighted by Crippen LogP contribution is 2.22. The molecular formula is C16H28N4O. The van der Waals surface area contributed by atoms with Gasteiger partial charge in [0.25, 0.3) is 0 Å². The molecule has 1 fully saturated rings. The number of anilines is 2. The van der Waals surface area contributed by atoms with Crippen LogP contribution in [0.25, 0.3) is 0 Å². The molecule has 21 heavy (non-hydrogen) atoms. The third kappa shape index (κ3) is 5.50. The fourth-order valence-electron chi connectivity index (χ4n) is 2.63. The maximum atomic E-state index is 5.44. The van der Waals surface area contributed by atoms with Crippen LogP contribution in [-0.2, 0) is 11.3 Å². The number of ether oxygens (including phenoxy) is 1. The molecule has 0 aromatic carbocycles. The van der Waals surface area contributed by atoms with Crippen LogP contribution in [0.3, 0.4) is 0 Å². The molecule has 0 spiro atoms. The van der Waals surface area contributed by atoms with E-state index in [1.54, 1.807) is 0 Å². The molecule has 5 nitrogen and oxygen atoms in total. The van der Waals surface area contributed by atoms with E-state index in [0.29, 0.717) is 19.3 Å². The summed E-state index contributed by atoms with van der Waals surface area (Å²) in [5.74, 6) is 2.56. The summed E-state index contributed by atoms with van der Waals surface area (Å²) in [5, 5.41) is 6.91. The minimum Gasteiger partial charge on any atom is -0.374 e. The molecule has 1 saturated carbocycles. The van der Waals surface area contributed by atoms with Crippen molar-refractivity contribution >= 4 is 11.6 Å². The minimum atomic E-state index is 0.470. The van der Waals surface area contributed by atoms with Crippen molar-refractivity contribution in [2.45, 2.75) is 65.0 Å². The molecule has 0 aliphatic heterocycles. The zero-order chi connectivity index (χ0) is 14.9. The van der Waals surface area contributed by atoms with Crippen molar-refractivity contribution in [2.75, 3.05) is 23.8 Å². The first-order chi connectivity index (χ1) is 10.3. The highest BCUT2D eigenvalue weighted by Gasteiger charge is 2.14. The fraction of sp³-hybridized carbons (Fsp3) is 0.750. The Balaban J connectivity index is 2.05. The summed E-state index contributed by atoms with van der Waals surface area (Å²) in [4.78, 5) is 9.10. The molecule has 5 heteroatoms. The molecule has 1 heterocycles. The van der Waals surface area contributed by atoms with E-state index >= 15 is 0 Å². The van der Waals surface area contributed by atoms with Crippen molar-refractivity contribution in [3.63, 3.8) is 0 Å². The van der Waals surface area contributed by atoms with Crippen LogP contribution in [0.15, 0.2) is 6.07 Å². The second-order valence-corrected chi connectivity index (χ2v) is 5.60. The van der Waals surface area contributed by atoms with E-state index in [0.717, 1.165) is 30.4 Å². The zero-order valence-corrected chi connectivity index (χ0v) is 13.3. The summed E-state index contributed by atoms with van der Waals surface area (Å²) in [7, 11) is 0. The van der Waals surface area contributed by atoms with E-state index in [4.69, 9.17) is 4.74 Å². The molecule has 1 aromatic heterocycles. The lowest BCUT2D eigenvalue weighted by Crippen LogP contribution is -2.23. The monoisotopic (exact) mass is 292 g/mol. The molecule has 0 atom stereocenters.